The van der Waals surface area contributed by atoms with Crippen LogP contribution in [0.25, 0.3) is 0 Å². The average molecular weight is 179 g/mol. The second-order valence-corrected chi connectivity index (χ2v) is 3.50. The fraction of sp³-hybridized carbons (Fsp3) is 0.500. The number of ether oxygens (including phenoxy) is 1. The minimum absolute atomic E-state index is 0.0571. The summed E-state index contributed by atoms with van der Waals surface area (Å²) in [7, 11) is 0. The van der Waals surface area contributed by atoms with E-state index in [1.807, 2.05) is 12.2 Å². The number of nitrogens with one attached hydrogen (secondary N) is 1. The molecule has 1 N–H and O–H groups in total. The molecule has 1 atom stereocenters. The van der Waals surface area contributed by atoms with Crippen LogP contribution in [0.15, 0.2) is 23.4 Å². The summed E-state index contributed by atoms with van der Waals surface area (Å²) in [5.74, 6) is 0.0571. The first-order chi connectivity index (χ1) is 6.25. The van der Waals surface area contributed by atoms with Crippen molar-refractivity contribution < 1.29 is 9.53 Å². The molecule has 0 bridgehead atoms. The Morgan fingerprint density at radius 1 is 1.54 bits per heavy atom. The summed E-state index contributed by atoms with van der Waals surface area (Å²) in [4.78, 5) is 11.2. The lowest BCUT2D eigenvalue weighted by Gasteiger charge is -2.21. The molecule has 1 unspecified atom stereocenters. The van der Waals surface area contributed by atoms with Crippen LogP contribution in [0.1, 0.15) is 19.8 Å². The molecular weight excluding hydrogens is 166 g/mol. The number of allylic oxidation sites excluding steroid dienone is 2. The highest BCUT2D eigenvalue weighted by atomic mass is 16.5. The first-order valence-corrected chi connectivity index (χ1v) is 4.54. The third-order valence-corrected chi connectivity index (χ3v) is 2.33. The summed E-state index contributed by atoms with van der Waals surface area (Å²) < 4.78 is 5.56. The van der Waals surface area contributed by atoms with Gasteiger partial charge in [0.25, 0.3) is 0 Å². The van der Waals surface area contributed by atoms with Gasteiger partial charge in [0.05, 0.1) is 13.0 Å². The number of carbonyl (C=O) groups excluding carboxylic acids is 1. The zero-order valence-corrected chi connectivity index (χ0v) is 7.67. The van der Waals surface area contributed by atoms with Crippen LogP contribution in [0.3, 0.4) is 0 Å². The molecule has 13 heavy (non-hydrogen) atoms. The fourth-order valence-electron chi connectivity index (χ4n) is 1.60. The Labute approximate surface area is 77.5 Å². The van der Waals surface area contributed by atoms with Crippen LogP contribution in [0.2, 0.25) is 0 Å². The Balaban J connectivity index is 2.20. The molecule has 1 aliphatic heterocycles. The summed E-state index contributed by atoms with van der Waals surface area (Å²) >= 11 is 0. The van der Waals surface area contributed by atoms with Gasteiger partial charge in [0.15, 0.2) is 0 Å². The van der Waals surface area contributed by atoms with Crippen LogP contribution in [-0.2, 0) is 9.53 Å². The van der Waals surface area contributed by atoms with E-state index in [-0.39, 0.29) is 12.0 Å². The van der Waals surface area contributed by atoms with Crippen LogP contribution < -0.4 is 5.32 Å². The van der Waals surface area contributed by atoms with Gasteiger partial charge in [-0.15, -0.1) is 0 Å². The molecule has 1 amide bonds. The second kappa shape index (κ2) is 3.34. The van der Waals surface area contributed by atoms with E-state index in [0.717, 1.165) is 12.1 Å². The van der Waals surface area contributed by atoms with E-state index >= 15 is 0 Å². The van der Waals surface area contributed by atoms with E-state index in [1.54, 1.807) is 0 Å². The predicted molar refractivity (Wildman–Crippen MR) is 49.0 cm³/mol. The van der Waals surface area contributed by atoms with E-state index in [4.69, 9.17) is 4.74 Å². The van der Waals surface area contributed by atoms with Gasteiger partial charge in [-0.1, -0.05) is 11.6 Å². The van der Waals surface area contributed by atoms with Gasteiger partial charge < -0.3 is 10.1 Å². The standard InChI is InChI=1S/C10H13NO2/c1-7-2-3-8-9(6-7)13-5-4-10(12)11-8/h2-3,9H,4-6H2,1H3,(H,11,12). The van der Waals surface area contributed by atoms with Crippen LogP contribution in [-0.4, -0.2) is 18.6 Å². The van der Waals surface area contributed by atoms with Crippen molar-refractivity contribution >= 4 is 5.91 Å². The molecule has 2 rings (SSSR count). The molecule has 0 aromatic rings. The molecule has 3 nitrogen and oxygen atoms in total. The van der Waals surface area contributed by atoms with Gasteiger partial charge in [-0.25, -0.2) is 0 Å². The molecule has 1 saturated heterocycles. The molecule has 0 aromatic carbocycles. The van der Waals surface area contributed by atoms with Crippen molar-refractivity contribution in [1.29, 1.82) is 0 Å². The largest absolute Gasteiger partial charge is 0.371 e. The summed E-state index contributed by atoms with van der Waals surface area (Å²) in [6.45, 7) is 2.60. The third-order valence-electron chi connectivity index (χ3n) is 2.33. The lowest BCUT2D eigenvalue weighted by atomic mass is 10.0. The van der Waals surface area contributed by atoms with Crippen molar-refractivity contribution in [2.24, 2.45) is 0 Å². The maximum absolute atomic E-state index is 11.2. The van der Waals surface area contributed by atoms with Gasteiger partial charge in [-0.05, 0) is 13.0 Å². The van der Waals surface area contributed by atoms with E-state index in [1.165, 1.54) is 5.57 Å². The number of carbonyl (C=O) groups is 1. The molecule has 3 heteroatoms. The molecule has 1 aliphatic carbocycles. The van der Waals surface area contributed by atoms with Gasteiger partial charge in [-0.3, -0.25) is 4.79 Å². The van der Waals surface area contributed by atoms with Crippen LogP contribution in [0.4, 0.5) is 0 Å². The van der Waals surface area contributed by atoms with Gasteiger partial charge in [0.1, 0.15) is 6.10 Å². The number of hydrogen-bond donors (Lipinski definition) is 1. The van der Waals surface area contributed by atoms with Crippen molar-refractivity contribution in [3.63, 3.8) is 0 Å². The van der Waals surface area contributed by atoms with Gasteiger partial charge in [0.2, 0.25) is 5.91 Å². The van der Waals surface area contributed by atoms with Crippen LogP contribution >= 0.6 is 0 Å². The first kappa shape index (κ1) is 8.51. The predicted octanol–water partition coefficient (Wildman–Crippen LogP) is 1.13. The Kier molecular flexibility index (Phi) is 2.19. The third kappa shape index (κ3) is 1.80. The number of hydrogen-bond acceptors (Lipinski definition) is 2. The maximum Gasteiger partial charge on any atom is 0.226 e. The highest BCUT2D eigenvalue weighted by Crippen LogP contribution is 2.21. The zero-order valence-electron chi connectivity index (χ0n) is 7.67. The van der Waals surface area contributed by atoms with Crippen molar-refractivity contribution in [3.05, 3.63) is 23.4 Å². The Hall–Kier alpha value is -1.09. The molecule has 0 spiro atoms. The molecule has 1 fully saturated rings. The molecule has 70 valence electrons. The summed E-state index contributed by atoms with van der Waals surface area (Å²) in [6.07, 6.45) is 5.39. The molecule has 0 saturated carbocycles. The number of amides is 1. The molecule has 0 aromatic heterocycles. The summed E-state index contributed by atoms with van der Waals surface area (Å²) in [5, 5.41) is 2.85. The van der Waals surface area contributed by atoms with Crippen molar-refractivity contribution in [2.45, 2.75) is 25.9 Å². The average Bonchev–Trinajstić information content (AvgIpc) is 2.25. The molecular formula is C10H13NO2. The van der Waals surface area contributed by atoms with Crippen LogP contribution in [0, 0.1) is 0 Å². The zero-order chi connectivity index (χ0) is 9.26. The smallest absolute Gasteiger partial charge is 0.226 e. The van der Waals surface area contributed by atoms with Crippen molar-refractivity contribution in [1.82, 2.24) is 5.32 Å². The lowest BCUT2D eigenvalue weighted by Crippen LogP contribution is -2.28. The molecule has 1 heterocycles. The van der Waals surface area contributed by atoms with Crippen molar-refractivity contribution in [3.8, 4) is 0 Å². The second-order valence-electron chi connectivity index (χ2n) is 3.50. The number of rotatable bonds is 0. The Bertz CT molecular complexity index is 291. The molecule has 0 radical (unpaired) electrons. The van der Waals surface area contributed by atoms with E-state index in [0.29, 0.717) is 13.0 Å². The highest BCUT2D eigenvalue weighted by molar-refractivity contribution is 5.78. The van der Waals surface area contributed by atoms with E-state index in [9.17, 15) is 4.79 Å². The molecule has 2 aliphatic rings. The topological polar surface area (TPSA) is 38.3 Å². The number of fused-ring (bicyclic) bond motifs is 1. The fourth-order valence-corrected chi connectivity index (χ4v) is 1.60. The normalized spacial score (nSPS) is 28.1. The summed E-state index contributed by atoms with van der Waals surface area (Å²) in [5.41, 5.74) is 2.21. The van der Waals surface area contributed by atoms with Crippen LogP contribution in [0.5, 0.6) is 0 Å². The van der Waals surface area contributed by atoms with E-state index < -0.39 is 0 Å². The van der Waals surface area contributed by atoms with E-state index in [2.05, 4.69) is 12.2 Å². The minimum atomic E-state index is 0.0571. The lowest BCUT2D eigenvalue weighted by molar-refractivity contribution is -0.120. The van der Waals surface area contributed by atoms with Gasteiger partial charge in [0, 0.05) is 12.1 Å². The Morgan fingerprint density at radius 3 is 3.23 bits per heavy atom. The van der Waals surface area contributed by atoms with Gasteiger partial charge >= 0.3 is 0 Å². The van der Waals surface area contributed by atoms with Gasteiger partial charge in [-0.2, -0.15) is 0 Å². The van der Waals surface area contributed by atoms with Crippen molar-refractivity contribution in [2.75, 3.05) is 6.61 Å². The first-order valence-electron chi connectivity index (χ1n) is 4.54. The maximum atomic E-state index is 11.2. The Morgan fingerprint density at radius 2 is 2.38 bits per heavy atom. The quantitative estimate of drug-likeness (QED) is 0.605. The highest BCUT2D eigenvalue weighted by Gasteiger charge is 2.23. The minimum Gasteiger partial charge on any atom is -0.371 e. The monoisotopic (exact) mass is 179 g/mol. The SMILES string of the molecule is CC1=CC=C2NC(=O)CCOC2C1. The summed E-state index contributed by atoms with van der Waals surface area (Å²) in [6, 6.07) is 0.